The molecule has 2 saturated heterocycles. The first-order chi connectivity index (χ1) is 4.86. The average molecular weight is 141 g/mol. The Morgan fingerprint density at radius 1 is 1.20 bits per heavy atom. The van der Waals surface area contributed by atoms with Crippen LogP contribution in [0.1, 0.15) is 25.7 Å². The van der Waals surface area contributed by atoms with Gasteiger partial charge in [-0.05, 0) is 32.2 Å². The molecule has 2 aliphatic rings. The van der Waals surface area contributed by atoms with Crippen LogP contribution in [0.25, 0.3) is 0 Å². The number of aliphatic hydroxyl groups excluding tert-OH is 1. The summed E-state index contributed by atoms with van der Waals surface area (Å²) in [7, 11) is 0. The smallest absolute Gasteiger partial charge is 0.0667 e. The van der Waals surface area contributed by atoms with Crippen LogP contribution in [0.2, 0.25) is 0 Å². The third-order valence-electron chi connectivity index (χ3n) is 2.78. The summed E-state index contributed by atoms with van der Waals surface area (Å²) in [6, 6.07) is 0.823. The van der Waals surface area contributed by atoms with Gasteiger partial charge in [-0.15, -0.1) is 0 Å². The highest BCUT2D eigenvalue weighted by Crippen LogP contribution is 2.26. The van der Waals surface area contributed by atoms with E-state index in [1.54, 1.807) is 0 Å². The first-order valence-corrected chi connectivity index (χ1v) is 4.28. The number of hydrogen-bond acceptors (Lipinski definition) is 2. The van der Waals surface area contributed by atoms with Crippen LogP contribution in [0.3, 0.4) is 0 Å². The molecule has 0 bridgehead atoms. The lowest BCUT2D eigenvalue weighted by molar-refractivity contribution is 0.0559. The molecule has 2 heteroatoms. The summed E-state index contributed by atoms with van der Waals surface area (Å²) in [6.07, 6.45) is 4.93. The Bertz CT molecular complexity index is 126. The van der Waals surface area contributed by atoms with E-state index in [2.05, 4.69) is 4.90 Å². The van der Waals surface area contributed by atoms with Crippen molar-refractivity contribution in [2.45, 2.75) is 37.8 Å². The van der Waals surface area contributed by atoms with Gasteiger partial charge in [0, 0.05) is 12.6 Å². The summed E-state index contributed by atoms with van der Waals surface area (Å²) in [5.41, 5.74) is 0. The van der Waals surface area contributed by atoms with Gasteiger partial charge in [0.05, 0.1) is 6.10 Å². The highest BCUT2D eigenvalue weighted by atomic mass is 16.3. The minimum atomic E-state index is -0.0330. The van der Waals surface area contributed by atoms with Crippen molar-refractivity contribution < 1.29 is 5.11 Å². The predicted octanol–water partition coefficient (Wildman–Crippen LogP) is 0.605. The molecule has 0 unspecified atom stereocenters. The number of hydrogen-bond donors (Lipinski definition) is 1. The summed E-state index contributed by atoms with van der Waals surface area (Å²) < 4.78 is 0. The zero-order valence-electron chi connectivity index (χ0n) is 6.29. The molecule has 0 aliphatic carbocycles. The molecule has 0 amide bonds. The van der Waals surface area contributed by atoms with E-state index in [4.69, 9.17) is 0 Å². The average Bonchev–Trinajstić information content (AvgIpc) is 2.33. The Hall–Kier alpha value is -0.0800. The third kappa shape index (κ3) is 1.06. The van der Waals surface area contributed by atoms with Gasteiger partial charge in [0.25, 0.3) is 0 Å². The molecular formula is C8H15NO. The fourth-order valence-corrected chi connectivity index (χ4v) is 2.21. The summed E-state index contributed by atoms with van der Waals surface area (Å²) in [5.74, 6) is 0. The standard InChI is InChI=1S/C8H15NO/c10-8-4-3-7-2-1-5-9(7)6-8/h7-8,10H,1-6H2/t7-,8-/m0/s1. The number of nitrogens with zero attached hydrogens (tertiary/aromatic N) is 1. The highest BCUT2D eigenvalue weighted by Gasteiger charge is 2.30. The summed E-state index contributed by atoms with van der Waals surface area (Å²) >= 11 is 0. The normalized spacial score (nSPS) is 41.7. The van der Waals surface area contributed by atoms with Crippen molar-refractivity contribution in [2.75, 3.05) is 13.1 Å². The van der Waals surface area contributed by atoms with Crippen molar-refractivity contribution >= 4 is 0 Å². The molecule has 0 aromatic carbocycles. The van der Waals surface area contributed by atoms with Gasteiger partial charge < -0.3 is 5.11 Å². The molecule has 0 aromatic rings. The molecular weight excluding hydrogens is 126 g/mol. The lowest BCUT2D eigenvalue weighted by atomic mass is 10.0. The Morgan fingerprint density at radius 3 is 3.00 bits per heavy atom. The number of fused-ring (bicyclic) bond motifs is 1. The van der Waals surface area contributed by atoms with Crippen molar-refractivity contribution in [1.82, 2.24) is 4.90 Å². The van der Waals surface area contributed by atoms with Crippen LogP contribution < -0.4 is 0 Å². The maximum atomic E-state index is 9.31. The summed E-state index contributed by atoms with van der Waals surface area (Å²) in [4.78, 5) is 2.44. The van der Waals surface area contributed by atoms with E-state index in [1.165, 1.54) is 25.8 Å². The molecule has 2 aliphatic heterocycles. The molecule has 10 heavy (non-hydrogen) atoms. The van der Waals surface area contributed by atoms with Crippen LogP contribution in [-0.2, 0) is 0 Å². The van der Waals surface area contributed by atoms with Crippen molar-refractivity contribution in [3.8, 4) is 0 Å². The van der Waals surface area contributed by atoms with E-state index in [1.807, 2.05) is 0 Å². The largest absolute Gasteiger partial charge is 0.392 e. The molecule has 0 spiro atoms. The fraction of sp³-hybridized carbons (Fsp3) is 1.00. The Kier molecular flexibility index (Phi) is 1.66. The molecule has 58 valence electrons. The van der Waals surface area contributed by atoms with Gasteiger partial charge in [-0.1, -0.05) is 0 Å². The Balaban J connectivity index is 1.96. The Morgan fingerprint density at radius 2 is 2.10 bits per heavy atom. The second kappa shape index (κ2) is 2.51. The molecule has 2 rings (SSSR count). The van der Waals surface area contributed by atoms with Crippen molar-refractivity contribution in [1.29, 1.82) is 0 Å². The quantitative estimate of drug-likeness (QED) is 0.534. The van der Waals surface area contributed by atoms with Crippen molar-refractivity contribution in [2.24, 2.45) is 0 Å². The molecule has 2 atom stereocenters. The molecule has 2 heterocycles. The van der Waals surface area contributed by atoms with Gasteiger partial charge in [0.1, 0.15) is 0 Å². The first-order valence-electron chi connectivity index (χ1n) is 4.28. The molecule has 0 radical (unpaired) electrons. The minimum Gasteiger partial charge on any atom is -0.392 e. The molecule has 0 saturated carbocycles. The van der Waals surface area contributed by atoms with Gasteiger partial charge in [-0.25, -0.2) is 0 Å². The number of piperidine rings is 1. The summed E-state index contributed by atoms with van der Waals surface area (Å²) in [6.45, 7) is 2.16. The SMILES string of the molecule is O[C@H]1CC[C@@H]2CCCN2C1. The van der Waals surface area contributed by atoms with E-state index in [0.29, 0.717) is 0 Å². The third-order valence-corrected chi connectivity index (χ3v) is 2.78. The zero-order valence-corrected chi connectivity index (χ0v) is 6.29. The maximum absolute atomic E-state index is 9.31. The topological polar surface area (TPSA) is 23.5 Å². The van der Waals surface area contributed by atoms with E-state index < -0.39 is 0 Å². The molecule has 0 aromatic heterocycles. The predicted molar refractivity (Wildman–Crippen MR) is 39.8 cm³/mol. The van der Waals surface area contributed by atoms with Gasteiger partial charge in [-0.2, -0.15) is 0 Å². The number of aliphatic hydroxyl groups is 1. The molecule has 1 N–H and O–H groups in total. The second-order valence-electron chi connectivity index (χ2n) is 3.52. The number of rotatable bonds is 0. The van der Waals surface area contributed by atoms with Gasteiger partial charge in [-0.3, -0.25) is 4.90 Å². The van der Waals surface area contributed by atoms with Crippen molar-refractivity contribution in [3.05, 3.63) is 0 Å². The lowest BCUT2D eigenvalue weighted by Gasteiger charge is -2.32. The molecule has 2 nitrogen and oxygen atoms in total. The zero-order chi connectivity index (χ0) is 6.97. The Labute approximate surface area is 61.8 Å². The van der Waals surface area contributed by atoms with Gasteiger partial charge >= 0.3 is 0 Å². The van der Waals surface area contributed by atoms with Crippen LogP contribution in [0.15, 0.2) is 0 Å². The van der Waals surface area contributed by atoms with E-state index >= 15 is 0 Å². The van der Waals surface area contributed by atoms with Crippen LogP contribution in [-0.4, -0.2) is 35.2 Å². The fourth-order valence-electron chi connectivity index (χ4n) is 2.21. The van der Waals surface area contributed by atoms with Crippen LogP contribution >= 0.6 is 0 Å². The van der Waals surface area contributed by atoms with E-state index in [-0.39, 0.29) is 6.10 Å². The van der Waals surface area contributed by atoms with Gasteiger partial charge in [0.2, 0.25) is 0 Å². The second-order valence-corrected chi connectivity index (χ2v) is 3.52. The molecule has 2 fully saturated rings. The maximum Gasteiger partial charge on any atom is 0.0667 e. The highest BCUT2D eigenvalue weighted by molar-refractivity contribution is 4.85. The van der Waals surface area contributed by atoms with Crippen molar-refractivity contribution in [3.63, 3.8) is 0 Å². The van der Waals surface area contributed by atoms with Crippen LogP contribution in [0.4, 0.5) is 0 Å². The van der Waals surface area contributed by atoms with Gasteiger partial charge in [0.15, 0.2) is 0 Å². The van der Waals surface area contributed by atoms with Crippen LogP contribution in [0, 0.1) is 0 Å². The minimum absolute atomic E-state index is 0.0330. The first kappa shape index (κ1) is 6.62. The van der Waals surface area contributed by atoms with E-state index in [0.717, 1.165) is 19.0 Å². The summed E-state index contributed by atoms with van der Waals surface area (Å²) in [5, 5.41) is 9.31. The van der Waals surface area contributed by atoms with E-state index in [9.17, 15) is 5.11 Å². The lowest BCUT2D eigenvalue weighted by Crippen LogP contribution is -2.41. The van der Waals surface area contributed by atoms with Crippen LogP contribution in [0.5, 0.6) is 0 Å². The monoisotopic (exact) mass is 141 g/mol.